The lowest BCUT2D eigenvalue weighted by molar-refractivity contribution is -0.118. The normalized spacial score (nSPS) is 19.3. The highest BCUT2D eigenvalue weighted by atomic mass is 16.5. The number of carbonyl (C=O) groups excluding carboxylic acids is 2. The molecule has 0 radical (unpaired) electrons. The van der Waals surface area contributed by atoms with Crippen LogP contribution < -0.4 is 0 Å². The number of allylic oxidation sites excluding steroid dienone is 1. The number of hydrogen-bond donors (Lipinski definition) is 0. The molecule has 8 nitrogen and oxygen atoms in total. The SMILES string of the molecule is N#Cc1cccc(C(=O)N2CC(c3nc(C4C=CC=NC4=O)no3)C2)c1. The van der Waals surface area contributed by atoms with Crippen molar-refractivity contribution < 1.29 is 14.1 Å². The number of likely N-dealkylation sites (tertiary alicyclic amines) is 1. The lowest BCUT2D eigenvalue weighted by Crippen LogP contribution is -2.48. The summed E-state index contributed by atoms with van der Waals surface area (Å²) in [6.07, 6.45) is 4.76. The number of amides is 2. The van der Waals surface area contributed by atoms with Crippen molar-refractivity contribution in [1.29, 1.82) is 5.26 Å². The number of benzene rings is 1. The Kier molecular flexibility index (Phi) is 3.89. The molecule has 0 aliphatic carbocycles. The van der Waals surface area contributed by atoms with Crippen molar-refractivity contribution in [2.24, 2.45) is 4.99 Å². The van der Waals surface area contributed by atoms with Gasteiger partial charge < -0.3 is 9.42 Å². The van der Waals surface area contributed by atoms with Gasteiger partial charge in [0.25, 0.3) is 11.8 Å². The number of rotatable bonds is 3. The third-order valence-corrected chi connectivity index (χ3v) is 4.35. The maximum Gasteiger partial charge on any atom is 0.260 e. The van der Waals surface area contributed by atoms with E-state index in [4.69, 9.17) is 9.78 Å². The van der Waals surface area contributed by atoms with E-state index in [-0.39, 0.29) is 23.6 Å². The first-order valence-electron chi connectivity index (χ1n) is 8.03. The zero-order valence-electron chi connectivity index (χ0n) is 13.6. The molecule has 2 amide bonds. The topological polar surface area (TPSA) is 112 Å². The molecule has 1 aromatic carbocycles. The molecule has 1 aromatic heterocycles. The fourth-order valence-electron chi connectivity index (χ4n) is 2.88. The monoisotopic (exact) mass is 347 g/mol. The first-order chi connectivity index (χ1) is 12.7. The molecular weight excluding hydrogens is 334 g/mol. The fourth-order valence-corrected chi connectivity index (χ4v) is 2.88. The lowest BCUT2D eigenvalue weighted by atomic mass is 9.98. The van der Waals surface area contributed by atoms with Crippen molar-refractivity contribution >= 4 is 18.0 Å². The maximum atomic E-state index is 12.4. The highest BCUT2D eigenvalue weighted by molar-refractivity contribution is 5.97. The molecule has 1 unspecified atom stereocenters. The van der Waals surface area contributed by atoms with E-state index in [9.17, 15) is 9.59 Å². The second-order valence-electron chi connectivity index (χ2n) is 6.07. The Morgan fingerprint density at radius 3 is 2.96 bits per heavy atom. The third kappa shape index (κ3) is 2.80. The number of dihydropyridines is 1. The number of nitrogens with zero attached hydrogens (tertiary/aromatic N) is 5. The number of aliphatic imine (C=N–C) groups is 1. The van der Waals surface area contributed by atoms with E-state index in [2.05, 4.69) is 15.1 Å². The van der Waals surface area contributed by atoms with Gasteiger partial charge in [0.15, 0.2) is 5.82 Å². The highest BCUT2D eigenvalue weighted by Crippen LogP contribution is 2.29. The summed E-state index contributed by atoms with van der Waals surface area (Å²) >= 11 is 0. The Bertz CT molecular complexity index is 979. The van der Waals surface area contributed by atoms with Gasteiger partial charge in [-0.3, -0.25) is 9.59 Å². The van der Waals surface area contributed by atoms with Crippen LogP contribution in [-0.4, -0.2) is 46.2 Å². The molecule has 4 rings (SSSR count). The van der Waals surface area contributed by atoms with Crippen molar-refractivity contribution in [3.63, 3.8) is 0 Å². The van der Waals surface area contributed by atoms with E-state index < -0.39 is 5.92 Å². The van der Waals surface area contributed by atoms with Crippen LogP contribution in [-0.2, 0) is 4.79 Å². The van der Waals surface area contributed by atoms with Crippen LogP contribution in [0.15, 0.2) is 45.9 Å². The third-order valence-electron chi connectivity index (χ3n) is 4.35. The van der Waals surface area contributed by atoms with Crippen molar-refractivity contribution in [1.82, 2.24) is 15.0 Å². The molecule has 0 N–H and O–H groups in total. The van der Waals surface area contributed by atoms with E-state index in [1.807, 2.05) is 6.07 Å². The molecule has 2 aliphatic heterocycles. The number of hydrogen-bond acceptors (Lipinski definition) is 6. The van der Waals surface area contributed by atoms with E-state index in [0.717, 1.165) is 0 Å². The van der Waals surface area contributed by atoms with Crippen LogP contribution in [0.1, 0.15) is 39.5 Å². The Morgan fingerprint density at radius 1 is 1.35 bits per heavy atom. The van der Waals surface area contributed by atoms with Crippen LogP contribution >= 0.6 is 0 Å². The molecule has 26 heavy (non-hydrogen) atoms. The molecule has 1 atom stereocenters. The van der Waals surface area contributed by atoms with Gasteiger partial charge in [-0.25, -0.2) is 4.99 Å². The van der Waals surface area contributed by atoms with Gasteiger partial charge in [-0.2, -0.15) is 10.2 Å². The van der Waals surface area contributed by atoms with E-state index in [1.165, 1.54) is 6.21 Å². The van der Waals surface area contributed by atoms with E-state index in [0.29, 0.717) is 30.1 Å². The Labute approximate surface area is 148 Å². The van der Waals surface area contributed by atoms with Gasteiger partial charge in [-0.1, -0.05) is 17.3 Å². The summed E-state index contributed by atoms with van der Waals surface area (Å²) in [4.78, 5) is 33.9. The van der Waals surface area contributed by atoms with Gasteiger partial charge >= 0.3 is 0 Å². The van der Waals surface area contributed by atoms with Gasteiger partial charge in [0, 0.05) is 24.9 Å². The van der Waals surface area contributed by atoms with Crippen molar-refractivity contribution in [3.05, 3.63) is 59.3 Å². The molecule has 128 valence electrons. The van der Waals surface area contributed by atoms with Gasteiger partial charge in [-0.15, -0.1) is 0 Å². The molecular formula is C18H13N5O3. The van der Waals surface area contributed by atoms with Crippen LogP contribution in [0.5, 0.6) is 0 Å². The molecule has 0 saturated carbocycles. The zero-order chi connectivity index (χ0) is 18.1. The number of nitriles is 1. The largest absolute Gasteiger partial charge is 0.339 e. The summed E-state index contributed by atoms with van der Waals surface area (Å²) in [6.45, 7) is 0.897. The molecule has 3 heterocycles. The molecule has 1 fully saturated rings. The highest BCUT2D eigenvalue weighted by Gasteiger charge is 2.37. The first-order valence-corrected chi connectivity index (χ1v) is 8.03. The predicted molar refractivity (Wildman–Crippen MR) is 89.5 cm³/mol. The van der Waals surface area contributed by atoms with Crippen LogP contribution in [0.4, 0.5) is 0 Å². The molecule has 8 heteroatoms. The predicted octanol–water partition coefficient (Wildman–Crippen LogP) is 1.43. The summed E-state index contributed by atoms with van der Waals surface area (Å²) in [5, 5.41) is 12.8. The number of aromatic nitrogens is 2. The van der Waals surface area contributed by atoms with E-state index in [1.54, 1.807) is 41.3 Å². The summed E-state index contributed by atoms with van der Waals surface area (Å²) in [7, 11) is 0. The van der Waals surface area contributed by atoms with Crippen LogP contribution in [0.25, 0.3) is 0 Å². The Morgan fingerprint density at radius 2 is 2.19 bits per heavy atom. The van der Waals surface area contributed by atoms with E-state index >= 15 is 0 Å². The van der Waals surface area contributed by atoms with Crippen molar-refractivity contribution in [3.8, 4) is 6.07 Å². The lowest BCUT2D eigenvalue weighted by Gasteiger charge is -2.37. The average molecular weight is 347 g/mol. The summed E-state index contributed by atoms with van der Waals surface area (Å²) in [5.41, 5.74) is 0.923. The summed E-state index contributed by atoms with van der Waals surface area (Å²) in [5.74, 6) is -0.467. The van der Waals surface area contributed by atoms with Crippen LogP contribution in [0.3, 0.4) is 0 Å². The molecule has 0 spiro atoms. The molecule has 2 aliphatic rings. The summed E-state index contributed by atoms with van der Waals surface area (Å²) in [6, 6.07) is 8.62. The summed E-state index contributed by atoms with van der Waals surface area (Å²) < 4.78 is 5.26. The smallest absolute Gasteiger partial charge is 0.260 e. The minimum absolute atomic E-state index is 0.0643. The second-order valence-corrected chi connectivity index (χ2v) is 6.07. The minimum Gasteiger partial charge on any atom is -0.339 e. The van der Waals surface area contributed by atoms with Gasteiger partial charge in [0.1, 0.15) is 5.92 Å². The molecule has 2 aromatic rings. The van der Waals surface area contributed by atoms with Gasteiger partial charge in [0.2, 0.25) is 5.89 Å². The Hall–Kier alpha value is -3.60. The zero-order valence-corrected chi connectivity index (χ0v) is 13.6. The van der Waals surface area contributed by atoms with Crippen LogP contribution in [0.2, 0.25) is 0 Å². The van der Waals surface area contributed by atoms with Gasteiger partial charge in [0.05, 0.1) is 17.6 Å². The second kappa shape index (κ2) is 6.37. The van der Waals surface area contributed by atoms with Crippen LogP contribution in [0, 0.1) is 11.3 Å². The Balaban J connectivity index is 1.41. The molecule has 0 bridgehead atoms. The quantitative estimate of drug-likeness (QED) is 0.830. The number of carbonyl (C=O) groups is 2. The van der Waals surface area contributed by atoms with Crippen molar-refractivity contribution in [2.45, 2.75) is 11.8 Å². The maximum absolute atomic E-state index is 12.4. The first kappa shape index (κ1) is 15.9. The average Bonchev–Trinajstić information content (AvgIpc) is 3.10. The molecule has 1 saturated heterocycles. The standard InChI is InChI=1S/C18H13N5O3/c19-8-11-3-1-4-12(7-11)18(25)23-9-13(10-23)17-21-15(22-26-17)14-5-2-6-20-16(14)24/h1-7,13-14H,9-10H2. The van der Waals surface area contributed by atoms with Crippen molar-refractivity contribution in [2.75, 3.05) is 13.1 Å². The minimum atomic E-state index is -0.621. The fraction of sp³-hybridized carbons (Fsp3) is 0.222. The van der Waals surface area contributed by atoms with Gasteiger partial charge in [-0.05, 0) is 24.3 Å².